The van der Waals surface area contributed by atoms with Gasteiger partial charge in [-0.25, -0.2) is 13.4 Å². The molecule has 2 aromatic carbocycles. The third kappa shape index (κ3) is 5.61. The Labute approximate surface area is 168 Å². The second-order valence-electron chi connectivity index (χ2n) is 6.74. The van der Waals surface area contributed by atoms with E-state index in [0.717, 1.165) is 6.26 Å². The molecule has 8 heteroatoms. The van der Waals surface area contributed by atoms with Gasteiger partial charge in [0, 0.05) is 34.8 Å². The molecule has 0 radical (unpaired) electrons. The number of aromatic nitrogens is 2. The van der Waals surface area contributed by atoms with E-state index in [4.69, 9.17) is 0 Å². The highest BCUT2D eigenvalue weighted by Crippen LogP contribution is 2.20. The lowest BCUT2D eigenvalue weighted by molar-refractivity contribution is 0.102. The van der Waals surface area contributed by atoms with Crippen molar-refractivity contribution in [1.29, 1.82) is 0 Å². The van der Waals surface area contributed by atoms with Gasteiger partial charge in [-0.05, 0) is 36.2 Å². The highest BCUT2D eigenvalue weighted by Gasteiger charge is 2.11. The molecule has 29 heavy (non-hydrogen) atoms. The molecule has 0 aliphatic rings. The van der Waals surface area contributed by atoms with Gasteiger partial charge in [0.05, 0.1) is 5.75 Å². The largest absolute Gasteiger partial charge is 0.322 e. The number of nitrogens with one attached hydrogen (secondary N) is 2. The van der Waals surface area contributed by atoms with Crippen molar-refractivity contribution in [3.63, 3.8) is 0 Å². The van der Waals surface area contributed by atoms with Gasteiger partial charge in [0.15, 0.2) is 9.84 Å². The second kappa shape index (κ2) is 8.40. The first-order valence-electron chi connectivity index (χ1n) is 9.02. The molecule has 0 saturated heterocycles. The molecule has 0 aliphatic heterocycles. The van der Waals surface area contributed by atoms with Crippen LogP contribution >= 0.6 is 0 Å². The maximum Gasteiger partial charge on any atom is 0.255 e. The highest BCUT2D eigenvalue weighted by molar-refractivity contribution is 7.89. The van der Waals surface area contributed by atoms with Gasteiger partial charge in [-0.15, -0.1) is 0 Å². The fraction of sp³-hybridized carbons (Fsp3) is 0.190. The number of hydrogen-bond donors (Lipinski definition) is 2. The van der Waals surface area contributed by atoms with Crippen LogP contribution in [0.1, 0.15) is 28.5 Å². The SMILES string of the molecule is CCc1cc(=O)[nH]c(-c2cccc(NC(=O)c3cccc(CS(C)(=O)=O)c3)c2)n1. The number of nitrogens with zero attached hydrogens (tertiary/aromatic N) is 1. The summed E-state index contributed by atoms with van der Waals surface area (Å²) in [6.45, 7) is 1.92. The molecule has 3 aromatic rings. The van der Waals surface area contributed by atoms with Crippen molar-refractivity contribution in [2.45, 2.75) is 19.1 Å². The van der Waals surface area contributed by atoms with Gasteiger partial charge in [0.25, 0.3) is 11.5 Å². The fourth-order valence-electron chi connectivity index (χ4n) is 2.88. The molecule has 0 spiro atoms. The Balaban J connectivity index is 1.84. The summed E-state index contributed by atoms with van der Waals surface area (Å²) in [6.07, 6.45) is 1.79. The zero-order chi connectivity index (χ0) is 21.0. The Morgan fingerprint density at radius 3 is 2.59 bits per heavy atom. The summed E-state index contributed by atoms with van der Waals surface area (Å²) in [5, 5.41) is 2.79. The number of benzene rings is 2. The van der Waals surface area contributed by atoms with E-state index in [1.165, 1.54) is 6.07 Å². The van der Waals surface area contributed by atoms with E-state index < -0.39 is 9.84 Å². The number of H-pyrrole nitrogens is 1. The quantitative estimate of drug-likeness (QED) is 0.648. The Hall–Kier alpha value is -3.26. The molecule has 1 heterocycles. The Morgan fingerprint density at radius 1 is 1.10 bits per heavy atom. The molecule has 3 rings (SSSR count). The van der Waals surface area contributed by atoms with Crippen LogP contribution in [0.4, 0.5) is 5.69 Å². The summed E-state index contributed by atoms with van der Waals surface area (Å²) >= 11 is 0. The minimum atomic E-state index is -3.19. The van der Waals surface area contributed by atoms with Crippen LogP contribution in [0.25, 0.3) is 11.4 Å². The second-order valence-corrected chi connectivity index (χ2v) is 8.88. The van der Waals surface area contributed by atoms with Crippen LogP contribution in [-0.4, -0.2) is 30.5 Å². The minimum absolute atomic E-state index is 0.129. The summed E-state index contributed by atoms with van der Waals surface area (Å²) in [7, 11) is -3.19. The number of aromatic amines is 1. The molecule has 0 bridgehead atoms. The zero-order valence-corrected chi connectivity index (χ0v) is 16.9. The lowest BCUT2D eigenvalue weighted by Gasteiger charge is -2.09. The Bertz CT molecular complexity index is 1220. The molecular formula is C21H21N3O4S. The average molecular weight is 411 g/mol. The van der Waals surface area contributed by atoms with Gasteiger partial charge >= 0.3 is 0 Å². The lowest BCUT2D eigenvalue weighted by atomic mass is 10.1. The third-order valence-electron chi connectivity index (χ3n) is 4.17. The van der Waals surface area contributed by atoms with Crippen LogP contribution in [0.2, 0.25) is 0 Å². The van der Waals surface area contributed by atoms with E-state index >= 15 is 0 Å². The topological polar surface area (TPSA) is 109 Å². The smallest absolute Gasteiger partial charge is 0.255 e. The lowest BCUT2D eigenvalue weighted by Crippen LogP contribution is -2.13. The first-order valence-corrected chi connectivity index (χ1v) is 11.1. The monoisotopic (exact) mass is 411 g/mol. The van der Waals surface area contributed by atoms with Crippen molar-refractivity contribution in [2.75, 3.05) is 11.6 Å². The van der Waals surface area contributed by atoms with Gasteiger partial charge in [-0.3, -0.25) is 9.59 Å². The van der Waals surface area contributed by atoms with Crippen LogP contribution < -0.4 is 10.9 Å². The predicted octanol–water partition coefficient (Wildman–Crippen LogP) is 2.80. The van der Waals surface area contributed by atoms with Crippen LogP contribution in [-0.2, 0) is 22.0 Å². The number of aryl methyl sites for hydroxylation is 1. The normalized spacial score (nSPS) is 11.2. The van der Waals surface area contributed by atoms with Crippen molar-refractivity contribution in [1.82, 2.24) is 9.97 Å². The molecular weight excluding hydrogens is 390 g/mol. The first-order chi connectivity index (χ1) is 13.7. The molecule has 0 fully saturated rings. The van der Waals surface area contributed by atoms with E-state index in [0.29, 0.717) is 40.3 Å². The minimum Gasteiger partial charge on any atom is -0.322 e. The Morgan fingerprint density at radius 2 is 1.86 bits per heavy atom. The predicted molar refractivity (Wildman–Crippen MR) is 113 cm³/mol. The van der Waals surface area contributed by atoms with E-state index in [9.17, 15) is 18.0 Å². The van der Waals surface area contributed by atoms with E-state index in [-0.39, 0.29) is 17.2 Å². The number of carbonyl (C=O) groups excluding carboxylic acids is 1. The number of carbonyl (C=O) groups is 1. The van der Waals surface area contributed by atoms with Crippen molar-refractivity contribution in [3.05, 3.63) is 81.8 Å². The summed E-state index contributed by atoms with van der Waals surface area (Å²) < 4.78 is 23.0. The zero-order valence-electron chi connectivity index (χ0n) is 16.1. The average Bonchev–Trinajstić information content (AvgIpc) is 2.66. The van der Waals surface area contributed by atoms with Crippen molar-refractivity contribution in [3.8, 4) is 11.4 Å². The maximum absolute atomic E-state index is 12.6. The van der Waals surface area contributed by atoms with E-state index in [1.54, 1.807) is 48.5 Å². The Kier molecular flexibility index (Phi) is 5.93. The van der Waals surface area contributed by atoms with E-state index in [2.05, 4.69) is 15.3 Å². The maximum atomic E-state index is 12.6. The van der Waals surface area contributed by atoms with Crippen LogP contribution in [0.5, 0.6) is 0 Å². The number of rotatable bonds is 6. The first kappa shape index (κ1) is 20.5. The molecule has 2 N–H and O–H groups in total. The summed E-state index contributed by atoms with van der Waals surface area (Å²) in [4.78, 5) is 31.5. The number of hydrogen-bond acceptors (Lipinski definition) is 5. The van der Waals surface area contributed by atoms with Crippen LogP contribution in [0.3, 0.4) is 0 Å². The highest BCUT2D eigenvalue weighted by atomic mass is 32.2. The molecule has 150 valence electrons. The van der Waals surface area contributed by atoms with Gasteiger partial charge in [-0.1, -0.05) is 31.2 Å². The van der Waals surface area contributed by atoms with Gasteiger partial charge in [-0.2, -0.15) is 0 Å². The third-order valence-corrected chi connectivity index (χ3v) is 5.03. The standard InChI is InChI=1S/C21H21N3O4S/c1-3-17-12-19(25)24-20(22-17)15-7-5-9-18(11-15)23-21(26)16-8-4-6-14(10-16)13-29(2,27)28/h4-12H,3,13H2,1-2H3,(H,23,26)(H,22,24,25). The van der Waals surface area contributed by atoms with Crippen molar-refractivity contribution >= 4 is 21.4 Å². The molecule has 0 unspecified atom stereocenters. The van der Waals surface area contributed by atoms with Crippen LogP contribution in [0, 0.1) is 0 Å². The van der Waals surface area contributed by atoms with Crippen molar-refractivity contribution in [2.24, 2.45) is 0 Å². The molecule has 0 saturated carbocycles. The summed E-state index contributed by atoms with van der Waals surface area (Å²) in [5.74, 6) is -0.0574. The van der Waals surface area contributed by atoms with Crippen molar-refractivity contribution < 1.29 is 13.2 Å². The van der Waals surface area contributed by atoms with Gasteiger partial charge < -0.3 is 10.3 Å². The van der Waals surface area contributed by atoms with E-state index in [1.807, 2.05) is 6.92 Å². The fourth-order valence-corrected chi connectivity index (χ4v) is 3.66. The van der Waals surface area contributed by atoms with Gasteiger partial charge in [0.1, 0.15) is 5.82 Å². The molecule has 7 nitrogen and oxygen atoms in total. The summed E-state index contributed by atoms with van der Waals surface area (Å²) in [5.41, 5.74) is 2.56. The molecule has 1 amide bonds. The molecule has 0 aliphatic carbocycles. The number of anilines is 1. The molecule has 0 atom stereocenters. The summed E-state index contributed by atoms with van der Waals surface area (Å²) in [6, 6.07) is 14.9. The molecule has 1 aromatic heterocycles. The van der Waals surface area contributed by atoms with Crippen LogP contribution in [0.15, 0.2) is 59.4 Å². The van der Waals surface area contributed by atoms with Gasteiger partial charge in [0.2, 0.25) is 0 Å². The number of sulfone groups is 1. The number of amides is 1.